The van der Waals surface area contributed by atoms with Crippen molar-refractivity contribution in [3.05, 3.63) is 78.0 Å². The van der Waals surface area contributed by atoms with Gasteiger partial charge >= 0.3 is 0 Å². The molecule has 0 aliphatic rings. The van der Waals surface area contributed by atoms with Crippen LogP contribution in [0, 0.1) is 6.92 Å². The molecule has 1 aromatic heterocycles. The van der Waals surface area contributed by atoms with Crippen LogP contribution in [0.5, 0.6) is 0 Å². The Morgan fingerprint density at radius 1 is 0.960 bits per heavy atom. The van der Waals surface area contributed by atoms with E-state index in [9.17, 15) is 8.42 Å². The molecule has 0 spiro atoms. The van der Waals surface area contributed by atoms with Crippen molar-refractivity contribution in [1.82, 2.24) is 8.87 Å². The zero-order valence-corrected chi connectivity index (χ0v) is 15.5. The summed E-state index contributed by atoms with van der Waals surface area (Å²) in [6.07, 6.45) is 1.60. The maximum atomic E-state index is 13.0. The van der Waals surface area contributed by atoms with Crippen LogP contribution in [0.4, 0.5) is 0 Å². The molecular formula is C20H22N2O2S. The Morgan fingerprint density at radius 3 is 2.36 bits per heavy atom. The van der Waals surface area contributed by atoms with Gasteiger partial charge in [0.05, 0.1) is 10.6 Å². The van der Waals surface area contributed by atoms with Crippen LogP contribution >= 0.6 is 0 Å². The first-order valence-electron chi connectivity index (χ1n) is 8.11. The average Bonchev–Trinajstić information content (AvgIpc) is 3.05. The van der Waals surface area contributed by atoms with E-state index in [1.165, 1.54) is 3.97 Å². The van der Waals surface area contributed by atoms with Crippen LogP contribution in [-0.2, 0) is 16.6 Å². The van der Waals surface area contributed by atoms with E-state index < -0.39 is 10.0 Å². The van der Waals surface area contributed by atoms with Gasteiger partial charge in [-0.05, 0) is 62.5 Å². The third-order valence-electron chi connectivity index (χ3n) is 4.01. The van der Waals surface area contributed by atoms with Crippen molar-refractivity contribution < 1.29 is 8.42 Å². The SMILES string of the molecule is Cc1ccc(S(=O)(=O)n2cccc2-c2cccc(CN(C)C)c2)cc1. The topological polar surface area (TPSA) is 42.3 Å². The summed E-state index contributed by atoms with van der Waals surface area (Å²) in [5, 5.41) is 0. The van der Waals surface area contributed by atoms with Crippen molar-refractivity contribution in [2.75, 3.05) is 14.1 Å². The van der Waals surface area contributed by atoms with Gasteiger partial charge in [0.2, 0.25) is 0 Å². The van der Waals surface area contributed by atoms with Crippen LogP contribution in [-0.4, -0.2) is 31.4 Å². The summed E-state index contributed by atoms with van der Waals surface area (Å²) in [4.78, 5) is 2.38. The minimum atomic E-state index is -3.62. The molecule has 3 aromatic rings. The highest BCUT2D eigenvalue weighted by atomic mass is 32.2. The second-order valence-electron chi connectivity index (χ2n) is 6.45. The van der Waals surface area contributed by atoms with Gasteiger partial charge in [-0.3, -0.25) is 0 Å². The van der Waals surface area contributed by atoms with Crippen LogP contribution < -0.4 is 0 Å². The molecule has 0 N–H and O–H groups in total. The average molecular weight is 354 g/mol. The van der Waals surface area contributed by atoms with Crippen LogP contribution in [0.3, 0.4) is 0 Å². The number of hydrogen-bond donors (Lipinski definition) is 0. The monoisotopic (exact) mass is 354 g/mol. The van der Waals surface area contributed by atoms with Crippen molar-refractivity contribution in [3.63, 3.8) is 0 Å². The number of nitrogens with zero attached hydrogens (tertiary/aromatic N) is 2. The van der Waals surface area contributed by atoms with Crippen molar-refractivity contribution in [3.8, 4) is 11.3 Å². The van der Waals surface area contributed by atoms with Crippen LogP contribution in [0.25, 0.3) is 11.3 Å². The lowest BCUT2D eigenvalue weighted by Gasteiger charge is -2.13. The van der Waals surface area contributed by atoms with Gasteiger partial charge in [-0.2, -0.15) is 0 Å². The smallest absolute Gasteiger partial charge is 0.268 e. The van der Waals surface area contributed by atoms with E-state index in [2.05, 4.69) is 4.90 Å². The molecule has 0 saturated heterocycles. The van der Waals surface area contributed by atoms with E-state index >= 15 is 0 Å². The van der Waals surface area contributed by atoms with E-state index in [-0.39, 0.29) is 0 Å². The van der Waals surface area contributed by atoms with Gasteiger partial charge < -0.3 is 4.90 Å². The van der Waals surface area contributed by atoms with E-state index in [1.807, 2.05) is 63.5 Å². The first kappa shape index (κ1) is 17.5. The minimum absolute atomic E-state index is 0.292. The highest BCUT2D eigenvalue weighted by Crippen LogP contribution is 2.26. The van der Waals surface area contributed by atoms with Gasteiger partial charge in [-0.15, -0.1) is 0 Å². The zero-order chi connectivity index (χ0) is 18.0. The fourth-order valence-electron chi connectivity index (χ4n) is 2.82. The molecular weight excluding hydrogens is 332 g/mol. The molecule has 25 heavy (non-hydrogen) atoms. The van der Waals surface area contributed by atoms with Gasteiger partial charge in [0, 0.05) is 12.7 Å². The largest absolute Gasteiger partial charge is 0.305 e. The summed E-state index contributed by atoms with van der Waals surface area (Å²) in [5.74, 6) is 0. The lowest BCUT2D eigenvalue weighted by Crippen LogP contribution is -2.13. The molecule has 0 aliphatic carbocycles. The van der Waals surface area contributed by atoms with Crippen molar-refractivity contribution in [2.45, 2.75) is 18.4 Å². The van der Waals surface area contributed by atoms with E-state index in [4.69, 9.17) is 0 Å². The molecule has 3 rings (SSSR count). The molecule has 0 unspecified atom stereocenters. The van der Waals surface area contributed by atoms with Crippen LogP contribution in [0.2, 0.25) is 0 Å². The number of hydrogen-bond acceptors (Lipinski definition) is 3. The highest BCUT2D eigenvalue weighted by molar-refractivity contribution is 7.90. The number of aromatic nitrogens is 1. The molecule has 130 valence electrons. The van der Waals surface area contributed by atoms with Gasteiger partial charge in [0.15, 0.2) is 0 Å². The Hall–Kier alpha value is -2.37. The second kappa shape index (κ2) is 6.86. The van der Waals surface area contributed by atoms with Gasteiger partial charge in [0.1, 0.15) is 0 Å². The molecule has 1 heterocycles. The summed E-state index contributed by atoms with van der Waals surface area (Å²) in [7, 11) is 0.401. The molecule has 5 heteroatoms. The van der Waals surface area contributed by atoms with E-state index in [0.29, 0.717) is 10.6 Å². The lowest BCUT2D eigenvalue weighted by atomic mass is 10.1. The lowest BCUT2D eigenvalue weighted by molar-refractivity contribution is 0.402. The summed E-state index contributed by atoms with van der Waals surface area (Å²) >= 11 is 0. The fourth-order valence-corrected chi connectivity index (χ4v) is 4.18. The predicted molar refractivity (Wildman–Crippen MR) is 101 cm³/mol. The normalized spacial score (nSPS) is 11.8. The summed E-state index contributed by atoms with van der Waals surface area (Å²) < 4.78 is 27.4. The van der Waals surface area contributed by atoms with E-state index in [0.717, 1.165) is 23.2 Å². The minimum Gasteiger partial charge on any atom is -0.305 e. The molecule has 0 amide bonds. The molecule has 0 radical (unpaired) electrons. The Kier molecular flexibility index (Phi) is 4.79. The first-order chi connectivity index (χ1) is 11.9. The number of rotatable bonds is 5. The van der Waals surface area contributed by atoms with Crippen molar-refractivity contribution >= 4 is 10.0 Å². The Labute approximate surface area is 149 Å². The highest BCUT2D eigenvalue weighted by Gasteiger charge is 2.20. The van der Waals surface area contributed by atoms with Crippen molar-refractivity contribution in [1.29, 1.82) is 0 Å². The summed E-state index contributed by atoms with van der Waals surface area (Å²) in [5.41, 5.74) is 3.73. The number of benzene rings is 2. The molecule has 0 atom stereocenters. The van der Waals surface area contributed by atoms with Crippen LogP contribution in [0.15, 0.2) is 71.8 Å². The maximum Gasteiger partial charge on any atom is 0.268 e. The second-order valence-corrected chi connectivity index (χ2v) is 8.26. The quantitative estimate of drug-likeness (QED) is 0.700. The van der Waals surface area contributed by atoms with Crippen LogP contribution in [0.1, 0.15) is 11.1 Å². The molecule has 0 saturated carbocycles. The zero-order valence-electron chi connectivity index (χ0n) is 14.7. The molecule has 4 nitrogen and oxygen atoms in total. The van der Waals surface area contributed by atoms with Gasteiger partial charge in [-0.25, -0.2) is 12.4 Å². The van der Waals surface area contributed by atoms with Gasteiger partial charge in [-0.1, -0.05) is 35.9 Å². The molecule has 0 bridgehead atoms. The Balaban J connectivity index is 2.05. The standard InChI is InChI=1S/C20H22N2O2S/c1-16-9-11-19(12-10-16)25(23,24)22-13-5-8-20(22)18-7-4-6-17(14-18)15-21(2)3/h4-14H,15H2,1-3H3. The van der Waals surface area contributed by atoms with E-state index in [1.54, 1.807) is 24.4 Å². The van der Waals surface area contributed by atoms with Crippen molar-refractivity contribution in [2.24, 2.45) is 0 Å². The third kappa shape index (κ3) is 3.67. The Bertz CT molecular complexity index is 971. The molecule has 0 aliphatic heterocycles. The van der Waals surface area contributed by atoms with Gasteiger partial charge in [0.25, 0.3) is 10.0 Å². The molecule has 2 aromatic carbocycles. The Morgan fingerprint density at radius 2 is 1.68 bits per heavy atom. The summed E-state index contributed by atoms with van der Waals surface area (Å²) in [6.45, 7) is 2.74. The summed E-state index contributed by atoms with van der Waals surface area (Å²) in [6, 6.07) is 18.5. The number of aryl methyl sites for hydroxylation is 1. The first-order valence-corrected chi connectivity index (χ1v) is 9.55. The fraction of sp³-hybridized carbons (Fsp3) is 0.200. The third-order valence-corrected chi connectivity index (χ3v) is 5.72. The molecule has 0 fully saturated rings. The maximum absolute atomic E-state index is 13.0. The predicted octanol–water partition coefficient (Wildman–Crippen LogP) is 3.76.